The lowest BCUT2D eigenvalue weighted by molar-refractivity contribution is -0.117. The van der Waals surface area contributed by atoms with E-state index in [1.54, 1.807) is 25.1 Å². The van der Waals surface area contributed by atoms with Crippen LogP contribution in [0.5, 0.6) is 0 Å². The largest absolute Gasteiger partial charge is 0.304 e. The van der Waals surface area contributed by atoms with Crippen molar-refractivity contribution in [1.29, 1.82) is 0 Å². The molecule has 0 bridgehead atoms. The van der Waals surface area contributed by atoms with E-state index in [4.69, 9.17) is 4.79 Å². The van der Waals surface area contributed by atoms with Crippen molar-refractivity contribution < 1.29 is 25.4 Å². The van der Waals surface area contributed by atoms with Gasteiger partial charge in [-0.05, 0) is 66.4 Å². The van der Waals surface area contributed by atoms with Crippen molar-refractivity contribution in [2.75, 3.05) is 0 Å². The fourth-order valence-corrected chi connectivity index (χ4v) is 5.55. The number of aldehydes is 4. The minimum absolute atomic E-state index is 0. The highest BCUT2D eigenvalue weighted by molar-refractivity contribution is 5.76. The summed E-state index contributed by atoms with van der Waals surface area (Å²) in [6.07, 6.45) is 15.7. The molecule has 2 aliphatic carbocycles. The summed E-state index contributed by atoms with van der Waals surface area (Å²) in [4.78, 5) is 49.5. The first-order valence-electron chi connectivity index (χ1n) is 18.9. The minimum atomic E-state index is 0. The number of carbonyl (C=O) groups excluding carboxylic acids is 5. The third-order valence-electron chi connectivity index (χ3n) is 8.51. The van der Waals surface area contributed by atoms with Gasteiger partial charge in [-0.25, -0.2) is 0 Å². The zero-order chi connectivity index (χ0) is 39.7. The summed E-state index contributed by atoms with van der Waals surface area (Å²) in [6.45, 7) is 13.5. The van der Waals surface area contributed by atoms with Crippen molar-refractivity contribution in [3.8, 4) is 0 Å². The van der Waals surface area contributed by atoms with E-state index in [1.165, 1.54) is 80.5 Å². The molecule has 4 aromatic carbocycles. The van der Waals surface area contributed by atoms with Crippen molar-refractivity contribution in [1.82, 2.24) is 0 Å². The second-order valence-corrected chi connectivity index (χ2v) is 13.7. The van der Waals surface area contributed by atoms with Gasteiger partial charge < -0.3 is 14.4 Å². The molecular weight excluding hydrogens is 657 g/mol. The van der Waals surface area contributed by atoms with Crippen LogP contribution in [0.1, 0.15) is 128 Å². The maximum Gasteiger partial charge on any atom is 0.150 e. The molecule has 288 valence electrons. The van der Waals surface area contributed by atoms with E-state index in [1.807, 2.05) is 43.3 Å². The highest BCUT2D eigenvalue weighted by Gasteiger charge is 2.15. The van der Waals surface area contributed by atoms with Crippen LogP contribution < -0.4 is 0 Å². The number of ketones is 1. The van der Waals surface area contributed by atoms with Crippen LogP contribution in [0.25, 0.3) is 0 Å². The Labute approximate surface area is 322 Å². The molecule has 0 aromatic heterocycles. The molecule has 0 saturated heterocycles. The number of carbonyl (C=O) groups is 5. The maximum atomic E-state index is 10.6. The van der Waals surface area contributed by atoms with Gasteiger partial charge in [-0.2, -0.15) is 0 Å². The fourth-order valence-electron chi connectivity index (χ4n) is 5.55. The summed E-state index contributed by atoms with van der Waals surface area (Å²) < 4.78 is 0. The summed E-state index contributed by atoms with van der Waals surface area (Å²) >= 11 is 0. The van der Waals surface area contributed by atoms with Crippen molar-refractivity contribution in [2.45, 2.75) is 113 Å². The van der Waals surface area contributed by atoms with Crippen LogP contribution in [0.3, 0.4) is 0 Å². The average Bonchev–Trinajstić information content (AvgIpc) is 3.88. The first kappa shape index (κ1) is 48.2. The van der Waals surface area contributed by atoms with Crippen LogP contribution in [0.2, 0.25) is 0 Å². The molecule has 0 N–H and O–H groups in total. The van der Waals surface area contributed by atoms with Gasteiger partial charge in [-0.15, -0.1) is 0 Å². The van der Waals surface area contributed by atoms with Gasteiger partial charge in [0.1, 0.15) is 30.9 Å². The number of benzene rings is 4. The molecule has 0 amide bonds. The van der Waals surface area contributed by atoms with Gasteiger partial charge in [0.15, 0.2) is 0 Å². The fraction of sp³-hybridized carbons (Fsp3) is 0.396. The van der Waals surface area contributed by atoms with Gasteiger partial charge in [0, 0.05) is 25.4 Å². The molecule has 2 fully saturated rings. The molecule has 0 spiro atoms. The van der Waals surface area contributed by atoms with Crippen LogP contribution in [0.4, 0.5) is 0 Å². The van der Waals surface area contributed by atoms with Crippen molar-refractivity contribution >= 4 is 30.9 Å². The van der Waals surface area contributed by atoms with Crippen molar-refractivity contribution in [2.24, 2.45) is 11.8 Å². The number of hydrogen-bond acceptors (Lipinski definition) is 5. The topological polar surface area (TPSA) is 85.3 Å². The third-order valence-corrected chi connectivity index (χ3v) is 8.51. The lowest BCUT2D eigenvalue weighted by Crippen LogP contribution is -1.99. The third kappa shape index (κ3) is 28.5. The highest BCUT2D eigenvalue weighted by Crippen LogP contribution is 2.27. The van der Waals surface area contributed by atoms with E-state index < -0.39 is 0 Å². The van der Waals surface area contributed by atoms with Gasteiger partial charge in [0.05, 0.1) is 0 Å². The number of hydrogen-bond donors (Lipinski definition) is 0. The van der Waals surface area contributed by atoms with Crippen LogP contribution in [-0.4, -0.2) is 30.9 Å². The first-order chi connectivity index (χ1) is 25.5. The van der Waals surface area contributed by atoms with E-state index in [2.05, 4.69) is 76.2 Å². The second kappa shape index (κ2) is 31.9. The smallest absolute Gasteiger partial charge is 0.150 e. The summed E-state index contributed by atoms with van der Waals surface area (Å²) in [5.74, 6) is 1.84. The molecule has 0 aliphatic heterocycles. The predicted molar refractivity (Wildman–Crippen MR) is 224 cm³/mol. The Kier molecular flexibility index (Phi) is 29.1. The Morgan fingerprint density at radius 1 is 0.547 bits per heavy atom. The predicted octanol–water partition coefficient (Wildman–Crippen LogP) is 12.3. The number of Topliss-reactive ketones (excluding diaryl/α,β-unsaturated/α-hetero) is 1. The first-order valence-corrected chi connectivity index (χ1v) is 18.9. The summed E-state index contributed by atoms with van der Waals surface area (Å²) in [6, 6.07) is 33.5. The minimum Gasteiger partial charge on any atom is -0.304 e. The van der Waals surface area contributed by atoms with Crippen molar-refractivity contribution in [3.63, 3.8) is 0 Å². The molecular formula is C48H66O5. The summed E-state index contributed by atoms with van der Waals surface area (Å²) in [7, 11) is 0. The molecule has 2 aliphatic rings. The Morgan fingerprint density at radius 3 is 1.23 bits per heavy atom. The molecule has 0 atom stereocenters. The zero-order valence-electron chi connectivity index (χ0n) is 33.4. The van der Waals surface area contributed by atoms with E-state index >= 15 is 0 Å². The van der Waals surface area contributed by atoms with E-state index in [0.717, 1.165) is 66.5 Å². The van der Waals surface area contributed by atoms with Gasteiger partial charge in [-0.3, -0.25) is 9.59 Å². The normalized spacial score (nSPS) is 12.6. The molecule has 5 nitrogen and oxygen atoms in total. The Balaban J connectivity index is 0. The maximum absolute atomic E-state index is 10.6. The van der Waals surface area contributed by atoms with Crippen molar-refractivity contribution in [3.05, 3.63) is 142 Å². The standard InChI is InChI=1S/C8H8O.C8H14O.2C8H10.C7H12O.C7H6O.C2H4O.H2/c1-7-3-2-4-8(5-7)6-9;1-7(9)6-8-4-2-3-5-8;2*1-7-3-5-8(2)6-4-7;8-6-5-7-3-1-2-4-7;8-6-7-4-2-1-3-5-7;1-2-3;/h2-6H,1H3;8H,2-6H2,1H3;2*3-6H,1-2H3;6-7H,1-5H2;1-6H;2H,1H3;1H. The molecule has 53 heavy (non-hydrogen) atoms. The second-order valence-electron chi connectivity index (χ2n) is 13.7. The monoisotopic (exact) mass is 722 g/mol. The molecule has 0 radical (unpaired) electrons. The Hall–Kier alpha value is -4.77. The molecule has 2 saturated carbocycles. The van der Waals surface area contributed by atoms with Gasteiger partial charge in [0.25, 0.3) is 0 Å². The van der Waals surface area contributed by atoms with Crippen LogP contribution >= 0.6 is 0 Å². The van der Waals surface area contributed by atoms with E-state index in [0.29, 0.717) is 5.78 Å². The summed E-state index contributed by atoms with van der Waals surface area (Å²) in [5.41, 5.74) is 7.92. The van der Waals surface area contributed by atoms with Crippen LogP contribution in [0, 0.1) is 46.5 Å². The van der Waals surface area contributed by atoms with Crippen LogP contribution in [-0.2, 0) is 14.4 Å². The Morgan fingerprint density at radius 2 is 0.925 bits per heavy atom. The molecule has 4 aromatic rings. The SMILES string of the molecule is CC(=O)CC1CCCC1.CC=O.Cc1ccc(C)cc1.Cc1ccc(C)cc1.Cc1cccc(C=O)c1.O=CCC1CCCC1.O=Cc1ccccc1.[HH]. The zero-order valence-corrected chi connectivity index (χ0v) is 33.4. The quantitative estimate of drug-likeness (QED) is 0.185. The average molecular weight is 723 g/mol. The Bertz CT molecular complexity index is 1430. The molecule has 0 heterocycles. The van der Waals surface area contributed by atoms with E-state index in [-0.39, 0.29) is 1.43 Å². The van der Waals surface area contributed by atoms with Gasteiger partial charge in [0.2, 0.25) is 0 Å². The molecule has 6 rings (SSSR count). The van der Waals surface area contributed by atoms with Crippen LogP contribution in [0.15, 0.2) is 103 Å². The van der Waals surface area contributed by atoms with E-state index in [9.17, 15) is 19.2 Å². The lowest BCUT2D eigenvalue weighted by Gasteiger charge is -2.02. The number of rotatable bonds is 6. The molecule has 5 heteroatoms. The highest BCUT2D eigenvalue weighted by atomic mass is 16.1. The lowest BCUT2D eigenvalue weighted by atomic mass is 10.0. The van der Waals surface area contributed by atoms with Gasteiger partial charge >= 0.3 is 0 Å². The summed E-state index contributed by atoms with van der Waals surface area (Å²) in [5, 5.41) is 0. The molecule has 0 unspecified atom stereocenters. The number of aryl methyl sites for hydroxylation is 5. The van der Waals surface area contributed by atoms with Gasteiger partial charge in [-0.1, -0.05) is 176 Å².